The number of hydrogen-bond donors (Lipinski definition) is 0. The number of nitrogens with zero attached hydrogens (tertiary/aromatic N) is 3. The van der Waals surface area contributed by atoms with E-state index in [1.54, 1.807) is 17.0 Å². The molecule has 0 aliphatic carbocycles. The van der Waals surface area contributed by atoms with Crippen LogP contribution >= 0.6 is 11.3 Å². The first-order valence-corrected chi connectivity index (χ1v) is 11.2. The van der Waals surface area contributed by atoms with Crippen molar-refractivity contribution < 1.29 is 22.7 Å². The van der Waals surface area contributed by atoms with Crippen LogP contribution in [-0.2, 0) is 14.9 Å². The van der Waals surface area contributed by atoms with Crippen LogP contribution < -0.4 is 0 Å². The quantitative estimate of drug-likeness (QED) is 0.687. The second-order valence-corrected chi connectivity index (χ2v) is 10.0. The minimum absolute atomic E-state index is 0.0658. The molecule has 8 nitrogen and oxygen atoms in total. The van der Waals surface area contributed by atoms with Gasteiger partial charge in [-0.2, -0.15) is 17.0 Å². The molecule has 2 saturated heterocycles. The standard InChI is InChI=1S/C17H25N3O5S2/c1-12-10-20(11-13(2)25-12)27(23,24)19-8-6-18(7-9-19)17(22)16-5-4-15(26-16)14(3)21/h4-5,12-13H,6-11H2,1-3H3/t12-,13-/m0/s1. The van der Waals surface area contributed by atoms with Crippen molar-refractivity contribution in [2.45, 2.75) is 33.0 Å². The van der Waals surface area contributed by atoms with Gasteiger partial charge in [0.15, 0.2) is 5.78 Å². The van der Waals surface area contributed by atoms with E-state index in [0.29, 0.717) is 35.9 Å². The zero-order valence-corrected chi connectivity index (χ0v) is 17.4. The fourth-order valence-corrected chi connectivity index (χ4v) is 6.02. The van der Waals surface area contributed by atoms with Gasteiger partial charge in [0.25, 0.3) is 16.1 Å². The largest absolute Gasteiger partial charge is 0.373 e. The molecule has 2 atom stereocenters. The molecule has 3 heterocycles. The first-order valence-electron chi connectivity index (χ1n) is 8.99. The van der Waals surface area contributed by atoms with Crippen LogP contribution in [0.2, 0.25) is 0 Å². The van der Waals surface area contributed by atoms with Crippen molar-refractivity contribution in [2.24, 2.45) is 0 Å². The minimum Gasteiger partial charge on any atom is -0.373 e. The number of hydrogen-bond acceptors (Lipinski definition) is 6. The maximum atomic E-state index is 12.9. The summed E-state index contributed by atoms with van der Waals surface area (Å²) in [7, 11) is -3.57. The molecule has 0 radical (unpaired) electrons. The topological polar surface area (TPSA) is 87.2 Å². The summed E-state index contributed by atoms with van der Waals surface area (Å²) < 4.78 is 34.4. The predicted octanol–water partition coefficient (Wildman–Crippen LogP) is 1.06. The van der Waals surface area contributed by atoms with Crippen LogP contribution in [0, 0.1) is 0 Å². The van der Waals surface area contributed by atoms with Gasteiger partial charge < -0.3 is 9.64 Å². The molecule has 1 aromatic rings. The molecule has 1 aromatic heterocycles. The van der Waals surface area contributed by atoms with Crippen molar-refractivity contribution in [3.8, 4) is 0 Å². The first-order chi connectivity index (χ1) is 12.7. The number of ether oxygens (including phenoxy) is 1. The predicted molar refractivity (Wildman–Crippen MR) is 102 cm³/mol. The molecule has 0 saturated carbocycles. The van der Waals surface area contributed by atoms with Crippen molar-refractivity contribution >= 4 is 33.2 Å². The highest BCUT2D eigenvalue weighted by molar-refractivity contribution is 7.86. The molecule has 27 heavy (non-hydrogen) atoms. The van der Waals surface area contributed by atoms with Gasteiger partial charge in [0.05, 0.1) is 22.0 Å². The number of Topliss-reactive ketones (excluding diaryl/α,β-unsaturated/α-hetero) is 1. The van der Waals surface area contributed by atoms with E-state index in [2.05, 4.69) is 0 Å². The van der Waals surface area contributed by atoms with Gasteiger partial charge in [-0.3, -0.25) is 9.59 Å². The van der Waals surface area contributed by atoms with Crippen LogP contribution in [0.25, 0.3) is 0 Å². The van der Waals surface area contributed by atoms with Gasteiger partial charge >= 0.3 is 0 Å². The molecule has 0 aromatic carbocycles. The minimum atomic E-state index is -3.57. The first kappa shape index (κ1) is 20.4. The summed E-state index contributed by atoms with van der Waals surface area (Å²) in [5, 5.41) is 0. The number of carbonyl (C=O) groups excluding carboxylic acids is 2. The van der Waals surface area contributed by atoms with E-state index in [1.165, 1.54) is 26.9 Å². The second kappa shape index (κ2) is 7.96. The monoisotopic (exact) mass is 415 g/mol. The Morgan fingerprint density at radius 1 is 1.00 bits per heavy atom. The maximum Gasteiger partial charge on any atom is 0.282 e. The third kappa shape index (κ3) is 4.40. The average molecular weight is 416 g/mol. The summed E-state index contributed by atoms with van der Waals surface area (Å²) in [6.45, 7) is 7.08. The molecule has 0 N–H and O–H groups in total. The highest BCUT2D eigenvalue weighted by atomic mass is 32.2. The van der Waals surface area contributed by atoms with Gasteiger partial charge in [-0.25, -0.2) is 0 Å². The number of thiophene rings is 1. The fraction of sp³-hybridized carbons (Fsp3) is 0.647. The molecule has 3 rings (SSSR count). The average Bonchev–Trinajstić information content (AvgIpc) is 3.11. The van der Waals surface area contributed by atoms with Gasteiger partial charge in [0, 0.05) is 39.3 Å². The van der Waals surface area contributed by atoms with Crippen LogP contribution in [0.15, 0.2) is 12.1 Å². The van der Waals surface area contributed by atoms with E-state index in [0.717, 1.165) is 0 Å². The molecule has 2 aliphatic heterocycles. The van der Waals surface area contributed by atoms with Crippen molar-refractivity contribution in [3.63, 3.8) is 0 Å². The number of amides is 1. The Morgan fingerprint density at radius 3 is 2.07 bits per heavy atom. The van der Waals surface area contributed by atoms with E-state index >= 15 is 0 Å². The SMILES string of the molecule is CC(=O)c1ccc(C(=O)N2CCN(S(=O)(=O)N3C[C@H](C)O[C@@H](C)C3)CC2)s1. The Labute approximate surface area is 163 Å². The van der Waals surface area contributed by atoms with Crippen LogP contribution in [0.1, 0.15) is 40.1 Å². The molecule has 2 aliphatic rings. The van der Waals surface area contributed by atoms with Gasteiger partial charge in [-0.05, 0) is 32.9 Å². The smallest absolute Gasteiger partial charge is 0.282 e. The van der Waals surface area contributed by atoms with Crippen LogP contribution in [0.4, 0.5) is 0 Å². The Morgan fingerprint density at radius 2 is 1.56 bits per heavy atom. The van der Waals surface area contributed by atoms with Gasteiger partial charge in [0.1, 0.15) is 0 Å². The molecule has 1 amide bonds. The Balaban J connectivity index is 1.62. The third-order valence-electron chi connectivity index (χ3n) is 4.73. The van der Waals surface area contributed by atoms with Crippen molar-refractivity contribution in [3.05, 3.63) is 21.9 Å². The molecule has 150 valence electrons. The van der Waals surface area contributed by atoms with Crippen molar-refractivity contribution in [2.75, 3.05) is 39.3 Å². The second-order valence-electron chi connectivity index (χ2n) is 6.99. The molecule has 0 spiro atoms. The lowest BCUT2D eigenvalue weighted by Crippen LogP contribution is -2.57. The Hall–Kier alpha value is -1.33. The summed E-state index contributed by atoms with van der Waals surface area (Å²) in [6, 6.07) is 3.31. The Kier molecular flexibility index (Phi) is 6.02. The number of piperazine rings is 1. The highest BCUT2D eigenvalue weighted by Crippen LogP contribution is 2.22. The van der Waals surface area contributed by atoms with E-state index < -0.39 is 10.2 Å². The van der Waals surface area contributed by atoms with Gasteiger partial charge in [-0.1, -0.05) is 0 Å². The van der Waals surface area contributed by atoms with Gasteiger partial charge in [-0.15, -0.1) is 11.3 Å². The molecular weight excluding hydrogens is 390 g/mol. The normalized spacial score (nSPS) is 25.5. The van der Waals surface area contributed by atoms with E-state index in [1.807, 2.05) is 13.8 Å². The summed E-state index contributed by atoms with van der Waals surface area (Å²) in [6.07, 6.45) is -0.276. The third-order valence-corrected chi connectivity index (χ3v) is 7.87. The lowest BCUT2D eigenvalue weighted by molar-refractivity contribution is -0.0457. The number of morpholine rings is 1. The number of carbonyl (C=O) groups is 2. The Bertz CT molecular complexity index is 804. The molecular formula is C17H25N3O5S2. The lowest BCUT2D eigenvalue weighted by Gasteiger charge is -2.40. The summed E-state index contributed by atoms with van der Waals surface area (Å²) >= 11 is 1.18. The highest BCUT2D eigenvalue weighted by Gasteiger charge is 2.37. The fourth-order valence-electron chi connectivity index (χ4n) is 3.40. The summed E-state index contributed by atoms with van der Waals surface area (Å²) in [5.74, 6) is -0.220. The molecule has 0 unspecified atom stereocenters. The summed E-state index contributed by atoms with van der Waals surface area (Å²) in [4.78, 5) is 26.7. The van der Waals surface area contributed by atoms with E-state index in [-0.39, 0.29) is 37.0 Å². The lowest BCUT2D eigenvalue weighted by atomic mass is 10.3. The van der Waals surface area contributed by atoms with Crippen LogP contribution in [0.3, 0.4) is 0 Å². The summed E-state index contributed by atoms with van der Waals surface area (Å²) in [5.41, 5.74) is 0. The number of rotatable bonds is 4. The number of ketones is 1. The van der Waals surface area contributed by atoms with Crippen molar-refractivity contribution in [1.82, 2.24) is 13.5 Å². The maximum absolute atomic E-state index is 12.9. The molecule has 2 fully saturated rings. The zero-order chi connectivity index (χ0) is 19.8. The zero-order valence-electron chi connectivity index (χ0n) is 15.8. The van der Waals surface area contributed by atoms with Crippen LogP contribution in [-0.4, -0.2) is 85.1 Å². The molecule has 10 heteroatoms. The van der Waals surface area contributed by atoms with E-state index in [4.69, 9.17) is 4.74 Å². The van der Waals surface area contributed by atoms with Gasteiger partial charge in [0.2, 0.25) is 0 Å². The molecule has 0 bridgehead atoms. The van der Waals surface area contributed by atoms with Crippen LogP contribution in [0.5, 0.6) is 0 Å². The van der Waals surface area contributed by atoms with Crippen molar-refractivity contribution in [1.29, 1.82) is 0 Å². The van der Waals surface area contributed by atoms with E-state index in [9.17, 15) is 18.0 Å².